The van der Waals surface area contributed by atoms with Crippen LogP contribution in [0, 0.1) is 12.8 Å². The minimum Gasteiger partial charge on any atom is -0.481 e. The minimum absolute atomic E-state index is 0.128. The molecule has 1 aromatic rings. The summed E-state index contributed by atoms with van der Waals surface area (Å²) in [7, 11) is 0. The number of aryl methyl sites for hydroxylation is 1. The molecular weight excluding hydrogens is 200 g/mol. The van der Waals surface area contributed by atoms with Gasteiger partial charge in [-0.2, -0.15) is 0 Å². The molecule has 1 N–H and O–H groups in total. The molecule has 0 saturated carbocycles. The monoisotopic (exact) mass is 216 g/mol. The van der Waals surface area contributed by atoms with E-state index in [2.05, 4.69) is 18.2 Å². The molecule has 0 heterocycles. The normalized spacial score (nSPS) is 24.3. The molecule has 0 unspecified atom stereocenters. The summed E-state index contributed by atoms with van der Waals surface area (Å²) in [5, 5.41) is 9.19. The van der Waals surface area contributed by atoms with Gasteiger partial charge in [0.15, 0.2) is 0 Å². The third kappa shape index (κ3) is 2.16. The second kappa shape index (κ2) is 4.52. The van der Waals surface area contributed by atoms with E-state index < -0.39 is 5.97 Å². The molecule has 2 atom stereocenters. The Morgan fingerprint density at radius 2 is 1.81 bits per heavy atom. The second-order valence-electron chi connectivity index (χ2n) is 4.40. The quantitative estimate of drug-likeness (QED) is 0.771. The molecule has 0 spiro atoms. The first-order chi connectivity index (χ1) is 7.68. The van der Waals surface area contributed by atoms with Crippen LogP contribution in [-0.4, -0.2) is 11.1 Å². The standard InChI is InChI=1S/C14H16O2/c1-10-6-8-11(9-7-10)12-4-2-3-5-13(12)14(15)16/h2-3,6-9,12-13H,4-5H2,1H3,(H,15,16)/t12-,13+/m0/s1. The molecule has 0 fully saturated rings. The summed E-state index contributed by atoms with van der Waals surface area (Å²) in [5.41, 5.74) is 2.35. The molecule has 2 nitrogen and oxygen atoms in total. The fraction of sp³-hybridized carbons (Fsp3) is 0.357. The second-order valence-corrected chi connectivity index (χ2v) is 4.40. The molecule has 84 valence electrons. The van der Waals surface area contributed by atoms with Gasteiger partial charge in [0, 0.05) is 5.92 Å². The molecule has 0 radical (unpaired) electrons. The Labute approximate surface area is 95.6 Å². The predicted molar refractivity (Wildman–Crippen MR) is 63.4 cm³/mol. The Bertz CT molecular complexity index is 403. The van der Waals surface area contributed by atoms with Crippen molar-refractivity contribution in [3.8, 4) is 0 Å². The number of hydrogen-bond acceptors (Lipinski definition) is 1. The van der Waals surface area contributed by atoms with Crippen LogP contribution in [0.25, 0.3) is 0 Å². The highest BCUT2D eigenvalue weighted by Crippen LogP contribution is 2.34. The van der Waals surface area contributed by atoms with Gasteiger partial charge in [0.25, 0.3) is 0 Å². The third-order valence-electron chi connectivity index (χ3n) is 3.26. The lowest BCUT2D eigenvalue weighted by molar-refractivity contribution is -0.142. The zero-order valence-corrected chi connectivity index (χ0v) is 9.39. The van der Waals surface area contributed by atoms with Gasteiger partial charge in [0.2, 0.25) is 0 Å². The minimum atomic E-state index is -0.685. The molecule has 0 aromatic heterocycles. The highest BCUT2D eigenvalue weighted by molar-refractivity contribution is 5.72. The third-order valence-corrected chi connectivity index (χ3v) is 3.26. The molecule has 16 heavy (non-hydrogen) atoms. The fourth-order valence-electron chi connectivity index (χ4n) is 2.27. The largest absolute Gasteiger partial charge is 0.481 e. The fourth-order valence-corrected chi connectivity index (χ4v) is 2.27. The van der Waals surface area contributed by atoms with Gasteiger partial charge in [-0.3, -0.25) is 4.79 Å². The maximum Gasteiger partial charge on any atom is 0.307 e. The molecule has 0 amide bonds. The van der Waals surface area contributed by atoms with Crippen LogP contribution in [0.4, 0.5) is 0 Å². The predicted octanol–water partition coefficient (Wildman–Crippen LogP) is 3.13. The molecule has 2 heteroatoms. The van der Waals surface area contributed by atoms with Crippen molar-refractivity contribution >= 4 is 5.97 Å². The Morgan fingerprint density at radius 3 is 2.44 bits per heavy atom. The van der Waals surface area contributed by atoms with Gasteiger partial charge in [-0.05, 0) is 25.3 Å². The molecule has 0 bridgehead atoms. The van der Waals surface area contributed by atoms with E-state index in [0.717, 1.165) is 12.0 Å². The molecule has 2 rings (SSSR count). The van der Waals surface area contributed by atoms with Gasteiger partial charge >= 0.3 is 5.97 Å². The Balaban J connectivity index is 2.27. The van der Waals surface area contributed by atoms with E-state index in [-0.39, 0.29) is 11.8 Å². The molecule has 0 aliphatic heterocycles. The van der Waals surface area contributed by atoms with Crippen LogP contribution in [0.5, 0.6) is 0 Å². The Morgan fingerprint density at radius 1 is 1.19 bits per heavy atom. The summed E-state index contributed by atoms with van der Waals surface area (Å²) in [6.07, 6.45) is 5.54. The summed E-state index contributed by atoms with van der Waals surface area (Å²) in [4.78, 5) is 11.2. The van der Waals surface area contributed by atoms with Crippen molar-refractivity contribution in [2.75, 3.05) is 0 Å². The molecule has 1 aliphatic carbocycles. The zero-order chi connectivity index (χ0) is 11.5. The first-order valence-corrected chi connectivity index (χ1v) is 5.63. The van der Waals surface area contributed by atoms with E-state index in [1.807, 2.05) is 25.1 Å². The lowest BCUT2D eigenvalue weighted by Gasteiger charge is -2.25. The average molecular weight is 216 g/mol. The summed E-state index contributed by atoms with van der Waals surface area (Å²) >= 11 is 0. The van der Waals surface area contributed by atoms with E-state index in [4.69, 9.17) is 0 Å². The number of benzene rings is 1. The Kier molecular flexibility index (Phi) is 3.09. The van der Waals surface area contributed by atoms with Gasteiger partial charge in [-0.15, -0.1) is 0 Å². The van der Waals surface area contributed by atoms with Crippen molar-refractivity contribution in [3.63, 3.8) is 0 Å². The highest BCUT2D eigenvalue weighted by Gasteiger charge is 2.29. The van der Waals surface area contributed by atoms with Crippen LogP contribution >= 0.6 is 0 Å². The van der Waals surface area contributed by atoms with Crippen molar-refractivity contribution in [2.45, 2.75) is 25.7 Å². The van der Waals surface area contributed by atoms with E-state index in [1.165, 1.54) is 5.56 Å². The van der Waals surface area contributed by atoms with Gasteiger partial charge in [0.1, 0.15) is 0 Å². The van der Waals surface area contributed by atoms with Crippen molar-refractivity contribution in [2.24, 2.45) is 5.92 Å². The van der Waals surface area contributed by atoms with Crippen molar-refractivity contribution in [1.29, 1.82) is 0 Å². The van der Waals surface area contributed by atoms with Crippen LogP contribution in [0.15, 0.2) is 36.4 Å². The van der Waals surface area contributed by atoms with E-state index >= 15 is 0 Å². The molecule has 0 saturated heterocycles. The maximum atomic E-state index is 11.2. The number of aliphatic carboxylic acids is 1. The number of rotatable bonds is 2. The lowest BCUT2D eigenvalue weighted by atomic mass is 9.78. The molecular formula is C14H16O2. The van der Waals surface area contributed by atoms with Gasteiger partial charge in [0.05, 0.1) is 5.92 Å². The first-order valence-electron chi connectivity index (χ1n) is 5.63. The smallest absolute Gasteiger partial charge is 0.307 e. The first kappa shape index (κ1) is 10.9. The highest BCUT2D eigenvalue weighted by atomic mass is 16.4. The molecule has 1 aliphatic rings. The van der Waals surface area contributed by atoms with Gasteiger partial charge in [-0.25, -0.2) is 0 Å². The van der Waals surface area contributed by atoms with Crippen LogP contribution in [0.1, 0.15) is 29.9 Å². The maximum absolute atomic E-state index is 11.2. The number of allylic oxidation sites excluding steroid dienone is 2. The SMILES string of the molecule is Cc1ccc([C@@H]2CC=CC[C@H]2C(=O)O)cc1. The summed E-state index contributed by atoms with van der Waals surface area (Å²) in [6, 6.07) is 8.20. The Hall–Kier alpha value is -1.57. The number of carbonyl (C=O) groups is 1. The van der Waals surface area contributed by atoms with E-state index in [0.29, 0.717) is 6.42 Å². The van der Waals surface area contributed by atoms with Crippen molar-refractivity contribution < 1.29 is 9.90 Å². The summed E-state index contributed by atoms with van der Waals surface area (Å²) in [5.74, 6) is -0.828. The van der Waals surface area contributed by atoms with Crippen LogP contribution < -0.4 is 0 Å². The van der Waals surface area contributed by atoms with Crippen LogP contribution in [-0.2, 0) is 4.79 Å². The van der Waals surface area contributed by atoms with Gasteiger partial charge < -0.3 is 5.11 Å². The van der Waals surface area contributed by atoms with Crippen LogP contribution in [0.2, 0.25) is 0 Å². The summed E-state index contributed by atoms with van der Waals surface area (Å²) < 4.78 is 0. The van der Waals surface area contributed by atoms with Crippen LogP contribution in [0.3, 0.4) is 0 Å². The molecule has 1 aromatic carbocycles. The lowest BCUT2D eigenvalue weighted by Crippen LogP contribution is -2.23. The number of hydrogen-bond donors (Lipinski definition) is 1. The van der Waals surface area contributed by atoms with Crippen molar-refractivity contribution in [1.82, 2.24) is 0 Å². The topological polar surface area (TPSA) is 37.3 Å². The zero-order valence-electron chi connectivity index (χ0n) is 9.39. The van der Waals surface area contributed by atoms with E-state index in [9.17, 15) is 9.90 Å². The van der Waals surface area contributed by atoms with E-state index in [1.54, 1.807) is 0 Å². The number of carboxylic acid groups (broad SMARTS) is 1. The number of carboxylic acids is 1. The summed E-state index contributed by atoms with van der Waals surface area (Å²) in [6.45, 7) is 2.04. The van der Waals surface area contributed by atoms with Gasteiger partial charge in [-0.1, -0.05) is 42.0 Å². The van der Waals surface area contributed by atoms with Crippen molar-refractivity contribution in [3.05, 3.63) is 47.5 Å². The average Bonchev–Trinajstić information content (AvgIpc) is 2.30.